The maximum atomic E-state index is 5.87. The predicted molar refractivity (Wildman–Crippen MR) is 80.3 cm³/mol. The van der Waals surface area contributed by atoms with Crippen LogP contribution in [0, 0.1) is 0 Å². The molecule has 0 aromatic heterocycles. The maximum Gasteiger partial charge on any atom is 0.297 e. The third-order valence-corrected chi connectivity index (χ3v) is 7.23. The van der Waals surface area contributed by atoms with Crippen LogP contribution in [0.2, 0.25) is 0 Å². The summed E-state index contributed by atoms with van der Waals surface area (Å²) >= 11 is 7.18. The zero-order valence-electron chi connectivity index (χ0n) is 10.3. The molecule has 1 unspecified atom stereocenters. The van der Waals surface area contributed by atoms with Crippen molar-refractivity contribution in [1.82, 2.24) is 0 Å². The molecule has 2 nitrogen and oxygen atoms in total. The molecule has 0 aliphatic rings. The van der Waals surface area contributed by atoms with Crippen LogP contribution in [-0.4, -0.2) is 12.4 Å². The standard InChI is InChI=1S/C12H19O2PS2/c1-3-10-13-15(16,17-11-4-2)14-12-8-6-5-7-9-12/h5-9H,3-4,10-11H2,1-2H3. The second kappa shape index (κ2) is 8.15. The summed E-state index contributed by atoms with van der Waals surface area (Å²) in [6, 6.07) is 9.69. The van der Waals surface area contributed by atoms with Crippen molar-refractivity contribution >= 4 is 28.9 Å². The SMILES string of the molecule is CCCOP(=S)(Oc1ccccc1)SCCC. The fourth-order valence-electron chi connectivity index (χ4n) is 1.11. The Bertz CT molecular complexity index is 345. The summed E-state index contributed by atoms with van der Waals surface area (Å²) in [5.41, 5.74) is -2.22. The molecule has 1 aromatic carbocycles. The minimum Gasteiger partial charge on any atom is -0.436 e. The molecule has 0 saturated carbocycles. The first-order valence-corrected chi connectivity index (χ1v) is 10.1. The van der Waals surface area contributed by atoms with Crippen molar-refractivity contribution in [2.45, 2.75) is 26.7 Å². The highest BCUT2D eigenvalue weighted by Crippen LogP contribution is 2.60. The van der Waals surface area contributed by atoms with Crippen molar-refractivity contribution < 1.29 is 9.05 Å². The van der Waals surface area contributed by atoms with Crippen LogP contribution in [0.4, 0.5) is 0 Å². The van der Waals surface area contributed by atoms with Crippen LogP contribution in [0.3, 0.4) is 0 Å². The molecular formula is C12H19O2PS2. The van der Waals surface area contributed by atoms with E-state index < -0.39 is 5.69 Å². The van der Waals surface area contributed by atoms with Crippen LogP contribution in [0.5, 0.6) is 5.75 Å². The predicted octanol–water partition coefficient (Wildman–Crippen LogP) is 4.86. The molecule has 0 fully saturated rings. The molecule has 0 heterocycles. The molecule has 0 saturated heterocycles. The van der Waals surface area contributed by atoms with E-state index in [4.69, 9.17) is 20.9 Å². The molecule has 1 atom stereocenters. The lowest BCUT2D eigenvalue weighted by molar-refractivity contribution is 0.323. The first kappa shape index (κ1) is 15.0. The molecule has 96 valence electrons. The van der Waals surface area contributed by atoms with Crippen molar-refractivity contribution in [3.05, 3.63) is 30.3 Å². The monoisotopic (exact) mass is 290 g/mol. The fraction of sp³-hybridized carbons (Fsp3) is 0.500. The van der Waals surface area contributed by atoms with Crippen LogP contribution in [-0.2, 0) is 16.3 Å². The van der Waals surface area contributed by atoms with Gasteiger partial charge in [0.25, 0.3) is 5.69 Å². The molecule has 1 aromatic rings. The number of para-hydroxylation sites is 1. The van der Waals surface area contributed by atoms with E-state index in [0.717, 1.165) is 24.3 Å². The second-order valence-electron chi connectivity index (χ2n) is 3.52. The van der Waals surface area contributed by atoms with E-state index in [1.165, 1.54) is 0 Å². The van der Waals surface area contributed by atoms with Crippen molar-refractivity contribution in [1.29, 1.82) is 0 Å². The van der Waals surface area contributed by atoms with Gasteiger partial charge in [0.15, 0.2) is 0 Å². The van der Waals surface area contributed by atoms with Crippen LogP contribution in [0.1, 0.15) is 26.7 Å². The van der Waals surface area contributed by atoms with Gasteiger partial charge in [0, 0.05) is 5.75 Å². The molecule has 5 heteroatoms. The third kappa shape index (κ3) is 5.91. The zero-order chi connectivity index (χ0) is 12.6. The first-order valence-electron chi connectivity index (χ1n) is 5.84. The number of hydrogen-bond donors (Lipinski definition) is 0. The fourth-order valence-corrected chi connectivity index (χ4v) is 5.71. The first-order chi connectivity index (χ1) is 8.20. The van der Waals surface area contributed by atoms with Gasteiger partial charge < -0.3 is 9.05 Å². The molecule has 0 N–H and O–H groups in total. The third-order valence-electron chi connectivity index (χ3n) is 1.87. The lowest BCUT2D eigenvalue weighted by atomic mass is 10.3. The largest absolute Gasteiger partial charge is 0.436 e. The summed E-state index contributed by atoms with van der Waals surface area (Å²) in [6.07, 6.45) is 2.04. The van der Waals surface area contributed by atoms with Gasteiger partial charge in [-0.25, -0.2) is 0 Å². The van der Waals surface area contributed by atoms with Crippen LogP contribution < -0.4 is 4.52 Å². The van der Waals surface area contributed by atoms with E-state index in [0.29, 0.717) is 6.61 Å². The number of hydrogen-bond acceptors (Lipinski definition) is 4. The minimum atomic E-state index is -2.22. The van der Waals surface area contributed by atoms with Crippen molar-refractivity contribution in [3.8, 4) is 5.75 Å². The van der Waals surface area contributed by atoms with E-state index >= 15 is 0 Å². The Kier molecular flexibility index (Phi) is 7.21. The lowest BCUT2D eigenvalue weighted by Crippen LogP contribution is -1.97. The van der Waals surface area contributed by atoms with E-state index in [2.05, 4.69) is 13.8 Å². The normalized spacial score (nSPS) is 14.2. The van der Waals surface area contributed by atoms with Gasteiger partial charge in [-0.1, -0.05) is 43.4 Å². The zero-order valence-corrected chi connectivity index (χ0v) is 12.8. The van der Waals surface area contributed by atoms with Crippen molar-refractivity contribution in [3.63, 3.8) is 0 Å². The molecule has 0 aliphatic heterocycles. The summed E-state index contributed by atoms with van der Waals surface area (Å²) in [5, 5.41) is 0. The summed E-state index contributed by atoms with van der Waals surface area (Å²) in [5.74, 6) is 1.78. The highest BCUT2D eigenvalue weighted by Gasteiger charge is 2.20. The van der Waals surface area contributed by atoms with Gasteiger partial charge in [0.2, 0.25) is 0 Å². The Labute approximate surface area is 113 Å². The van der Waals surface area contributed by atoms with E-state index in [1.807, 2.05) is 30.3 Å². The quantitative estimate of drug-likeness (QED) is 0.636. The van der Waals surface area contributed by atoms with Crippen molar-refractivity contribution in [2.75, 3.05) is 12.4 Å². The van der Waals surface area contributed by atoms with Gasteiger partial charge in [-0.15, -0.1) is 0 Å². The van der Waals surface area contributed by atoms with Crippen LogP contribution >= 0.6 is 17.1 Å². The average Bonchev–Trinajstić information content (AvgIpc) is 2.35. The highest BCUT2D eigenvalue weighted by atomic mass is 32.9. The Hall–Kier alpha value is -0.0200. The molecule has 0 bridgehead atoms. The Morgan fingerprint density at radius 3 is 2.47 bits per heavy atom. The summed E-state index contributed by atoms with van der Waals surface area (Å²) in [4.78, 5) is 0. The average molecular weight is 290 g/mol. The number of rotatable bonds is 8. The number of benzene rings is 1. The molecule has 1 rings (SSSR count). The highest BCUT2D eigenvalue weighted by molar-refractivity contribution is 8.68. The van der Waals surface area contributed by atoms with Crippen molar-refractivity contribution in [2.24, 2.45) is 0 Å². The minimum absolute atomic E-state index is 0.667. The lowest BCUT2D eigenvalue weighted by Gasteiger charge is -2.21. The van der Waals surface area contributed by atoms with Gasteiger partial charge in [0.05, 0.1) is 6.61 Å². The Balaban J connectivity index is 2.65. The summed E-state index contributed by atoms with van der Waals surface area (Å²) in [6.45, 7) is 4.88. The summed E-state index contributed by atoms with van der Waals surface area (Å²) in [7, 11) is 0. The second-order valence-corrected chi connectivity index (χ2v) is 9.87. The van der Waals surface area contributed by atoms with E-state index in [-0.39, 0.29) is 0 Å². The topological polar surface area (TPSA) is 18.5 Å². The molecule has 0 amide bonds. The smallest absolute Gasteiger partial charge is 0.297 e. The van der Waals surface area contributed by atoms with E-state index in [9.17, 15) is 0 Å². The Morgan fingerprint density at radius 2 is 1.88 bits per heavy atom. The van der Waals surface area contributed by atoms with Gasteiger partial charge in [-0.3, -0.25) is 0 Å². The van der Waals surface area contributed by atoms with Gasteiger partial charge in [-0.2, -0.15) is 0 Å². The Morgan fingerprint density at radius 1 is 1.18 bits per heavy atom. The molecular weight excluding hydrogens is 271 g/mol. The molecule has 0 spiro atoms. The van der Waals surface area contributed by atoms with Gasteiger partial charge in [-0.05, 0) is 36.8 Å². The van der Waals surface area contributed by atoms with Gasteiger partial charge in [0.1, 0.15) is 5.75 Å². The molecule has 0 radical (unpaired) electrons. The molecule has 17 heavy (non-hydrogen) atoms. The molecule has 0 aliphatic carbocycles. The van der Waals surface area contributed by atoms with Crippen LogP contribution in [0.25, 0.3) is 0 Å². The summed E-state index contributed by atoms with van der Waals surface area (Å²) < 4.78 is 11.6. The van der Waals surface area contributed by atoms with E-state index in [1.54, 1.807) is 11.4 Å². The maximum absolute atomic E-state index is 5.87. The van der Waals surface area contributed by atoms with Gasteiger partial charge >= 0.3 is 0 Å². The van der Waals surface area contributed by atoms with Crippen LogP contribution in [0.15, 0.2) is 30.3 Å².